The molecule has 2 atom stereocenters. The Balaban J connectivity index is 2.57. The minimum atomic E-state index is 0.703. The lowest BCUT2D eigenvalue weighted by atomic mass is 9.81. The molecule has 1 nitrogen and oxygen atoms in total. The average Bonchev–Trinajstić information content (AvgIpc) is 2.03. The van der Waals surface area contributed by atoms with E-state index in [1.54, 1.807) is 0 Å². The molecular weight excluding hydrogens is 158 g/mol. The van der Waals surface area contributed by atoms with E-state index in [9.17, 15) is 0 Å². The fraction of sp³-hybridized carbons (Fsp3) is 0.917. The average molecular weight is 181 g/mol. The van der Waals surface area contributed by atoms with Crippen molar-refractivity contribution < 1.29 is 0 Å². The Hall–Kier alpha value is -0.330. The predicted octanol–water partition coefficient (Wildman–Crippen LogP) is 3.54. The van der Waals surface area contributed by atoms with Crippen molar-refractivity contribution in [2.45, 2.75) is 47.0 Å². The van der Waals surface area contributed by atoms with E-state index in [1.807, 2.05) is 0 Å². The molecule has 13 heavy (non-hydrogen) atoms. The van der Waals surface area contributed by atoms with Gasteiger partial charge in [0.05, 0.1) is 0 Å². The minimum absolute atomic E-state index is 0.703. The van der Waals surface area contributed by atoms with Gasteiger partial charge < -0.3 is 0 Å². The molecule has 0 saturated heterocycles. The first-order chi connectivity index (χ1) is 6.11. The Labute approximate surface area is 82.6 Å². The van der Waals surface area contributed by atoms with Gasteiger partial charge in [-0.25, -0.2) is 0 Å². The molecule has 1 heteroatoms. The maximum Gasteiger partial charge on any atom is 0.0411 e. The lowest BCUT2D eigenvalue weighted by molar-refractivity contribution is 0.482. The SMILES string of the molecule is CC(C)CN=C1C(C)CCCC1C. The number of nitrogens with zero attached hydrogens (tertiary/aromatic N) is 1. The van der Waals surface area contributed by atoms with E-state index in [1.165, 1.54) is 25.0 Å². The summed E-state index contributed by atoms with van der Waals surface area (Å²) < 4.78 is 0. The molecule has 1 aliphatic rings. The largest absolute Gasteiger partial charge is 0.293 e. The number of hydrogen-bond donors (Lipinski definition) is 0. The summed E-state index contributed by atoms with van der Waals surface area (Å²) in [5, 5.41) is 0. The second-order valence-corrected chi connectivity index (χ2v) is 4.89. The molecule has 2 unspecified atom stereocenters. The van der Waals surface area contributed by atoms with Crippen molar-refractivity contribution in [2.24, 2.45) is 22.7 Å². The number of hydrogen-bond acceptors (Lipinski definition) is 1. The highest BCUT2D eigenvalue weighted by molar-refractivity contribution is 5.89. The number of rotatable bonds is 2. The normalized spacial score (nSPS) is 29.5. The molecule has 1 rings (SSSR count). The molecule has 0 aliphatic heterocycles. The second-order valence-electron chi connectivity index (χ2n) is 4.89. The van der Waals surface area contributed by atoms with Crippen LogP contribution in [0.3, 0.4) is 0 Å². The van der Waals surface area contributed by atoms with Crippen LogP contribution in [0.4, 0.5) is 0 Å². The Morgan fingerprint density at radius 1 is 1.23 bits per heavy atom. The van der Waals surface area contributed by atoms with Crippen LogP contribution in [0.15, 0.2) is 4.99 Å². The molecule has 1 aliphatic carbocycles. The monoisotopic (exact) mass is 181 g/mol. The Morgan fingerprint density at radius 3 is 2.23 bits per heavy atom. The molecule has 0 aromatic carbocycles. The van der Waals surface area contributed by atoms with Gasteiger partial charge in [-0.15, -0.1) is 0 Å². The van der Waals surface area contributed by atoms with Gasteiger partial charge >= 0.3 is 0 Å². The first kappa shape index (κ1) is 10.7. The third-order valence-corrected chi connectivity index (χ3v) is 2.92. The lowest BCUT2D eigenvalue weighted by Crippen LogP contribution is -2.25. The van der Waals surface area contributed by atoms with E-state index in [0.29, 0.717) is 5.92 Å². The molecule has 0 bridgehead atoms. The zero-order chi connectivity index (χ0) is 9.84. The molecule has 0 N–H and O–H groups in total. The third kappa shape index (κ3) is 3.13. The van der Waals surface area contributed by atoms with Gasteiger partial charge in [0.25, 0.3) is 0 Å². The molecule has 0 amide bonds. The molecule has 0 radical (unpaired) electrons. The Morgan fingerprint density at radius 2 is 1.77 bits per heavy atom. The summed E-state index contributed by atoms with van der Waals surface area (Å²) in [6.45, 7) is 10.2. The molecular formula is C12H23N. The highest BCUT2D eigenvalue weighted by Crippen LogP contribution is 2.26. The molecule has 0 spiro atoms. The van der Waals surface area contributed by atoms with E-state index in [0.717, 1.165) is 18.4 Å². The lowest BCUT2D eigenvalue weighted by Gasteiger charge is -2.26. The summed E-state index contributed by atoms with van der Waals surface area (Å²) >= 11 is 0. The van der Waals surface area contributed by atoms with Crippen molar-refractivity contribution in [1.82, 2.24) is 0 Å². The fourth-order valence-electron chi connectivity index (χ4n) is 2.11. The van der Waals surface area contributed by atoms with E-state index >= 15 is 0 Å². The van der Waals surface area contributed by atoms with E-state index < -0.39 is 0 Å². The van der Waals surface area contributed by atoms with Crippen LogP contribution in [-0.4, -0.2) is 12.3 Å². The van der Waals surface area contributed by atoms with Crippen LogP contribution in [0.5, 0.6) is 0 Å². The molecule has 0 heterocycles. The Bertz CT molecular complexity index is 170. The van der Waals surface area contributed by atoms with Gasteiger partial charge in [-0.2, -0.15) is 0 Å². The van der Waals surface area contributed by atoms with Crippen LogP contribution >= 0.6 is 0 Å². The molecule has 76 valence electrons. The maximum atomic E-state index is 4.76. The van der Waals surface area contributed by atoms with Crippen molar-refractivity contribution in [3.63, 3.8) is 0 Å². The standard InChI is InChI=1S/C12H23N/c1-9(2)8-13-12-10(3)6-5-7-11(12)4/h9-11H,5-8H2,1-4H3. The van der Waals surface area contributed by atoms with Crippen LogP contribution < -0.4 is 0 Å². The predicted molar refractivity (Wildman–Crippen MR) is 59.3 cm³/mol. The first-order valence-electron chi connectivity index (χ1n) is 5.65. The van der Waals surface area contributed by atoms with Crippen LogP contribution in [-0.2, 0) is 0 Å². The summed E-state index contributed by atoms with van der Waals surface area (Å²) in [6, 6.07) is 0. The van der Waals surface area contributed by atoms with Gasteiger partial charge in [0.2, 0.25) is 0 Å². The van der Waals surface area contributed by atoms with Crippen molar-refractivity contribution >= 4 is 5.71 Å². The van der Waals surface area contributed by atoms with Gasteiger partial charge in [0, 0.05) is 12.3 Å². The Kier molecular flexibility index (Phi) is 3.95. The maximum absolute atomic E-state index is 4.76. The van der Waals surface area contributed by atoms with Crippen molar-refractivity contribution in [2.75, 3.05) is 6.54 Å². The summed E-state index contributed by atoms with van der Waals surface area (Å²) in [6.07, 6.45) is 4.09. The first-order valence-corrected chi connectivity index (χ1v) is 5.65. The van der Waals surface area contributed by atoms with Crippen LogP contribution in [0, 0.1) is 17.8 Å². The zero-order valence-electron chi connectivity index (χ0n) is 9.51. The second kappa shape index (κ2) is 4.78. The smallest absolute Gasteiger partial charge is 0.0411 e. The number of aliphatic imine (C=N–C) groups is 1. The van der Waals surface area contributed by atoms with Gasteiger partial charge in [0.15, 0.2) is 0 Å². The van der Waals surface area contributed by atoms with Crippen molar-refractivity contribution in [3.8, 4) is 0 Å². The van der Waals surface area contributed by atoms with Gasteiger partial charge in [-0.1, -0.05) is 34.1 Å². The quantitative estimate of drug-likeness (QED) is 0.618. The van der Waals surface area contributed by atoms with Crippen LogP contribution in [0.2, 0.25) is 0 Å². The van der Waals surface area contributed by atoms with Gasteiger partial charge in [-0.05, 0) is 30.6 Å². The van der Waals surface area contributed by atoms with Gasteiger partial charge in [0.1, 0.15) is 0 Å². The third-order valence-electron chi connectivity index (χ3n) is 2.92. The van der Waals surface area contributed by atoms with E-state index in [2.05, 4.69) is 27.7 Å². The van der Waals surface area contributed by atoms with Crippen molar-refractivity contribution in [3.05, 3.63) is 0 Å². The summed E-state index contributed by atoms with van der Waals surface area (Å²) in [5.74, 6) is 2.18. The summed E-state index contributed by atoms with van der Waals surface area (Å²) in [5.41, 5.74) is 1.49. The fourth-order valence-corrected chi connectivity index (χ4v) is 2.11. The zero-order valence-corrected chi connectivity index (χ0v) is 9.51. The molecule has 1 saturated carbocycles. The summed E-state index contributed by atoms with van der Waals surface area (Å²) in [7, 11) is 0. The van der Waals surface area contributed by atoms with Gasteiger partial charge in [-0.3, -0.25) is 4.99 Å². The van der Waals surface area contributed by atoms with E-state index in [4.69, 9.17) is 4.99 Å². The molecule has 0 aromatic rings. The summed E-state index contributed by atoms with van der Waals surface area (Å²) in [4.78, 5) is 4.76. The highest BCUT2D eigenvalue weighted by atomic mass is 14.8. The van der Waals surface area contributed by atoms with Crippen LogP contribution in [0.1, 0.15) is 47.0 Å². The van der Waals surface area contributed by atoms with E-state index in [-0.39, 0.29) is 0 Å². The molecule has 0 aromatic heterocycles. The topological polar surface area (TPSA) is 12.4 Å². The minimum Gasteiger partial charge on any atom is -0.293 e. The van der Waals surface area contributed by atoms with Crippen LogP contribution in [0.25, 0.3) is 0 Å². The molecule has 1 fully saturated rings. The van der Waals surface area contributed by atoms with Crippen molar-refractivity contribution in [1.29, 1.82) is 0 Å². The highest BCUT2D eigenvalue weighted by Gasteiger charge is 2.22.